The van der Waals surface area contributed by atoms with Gasteiger partial charge in [-0.3, -0.25) is 15.5 Å². The molecule has 0 unspecified atom stereocenters. The van der Waals surface area contributed by atoms with Gasteiger partial charge < -0.3 is 5.11 Å². The van der Waals surface area contributed by atoms with E-state index in [1.54, 1.807) is 0 Å². The lowest BCUT2D eigenvalue weighted by Crippen LogP contribution is -1.92. The van der Waals surface area contributed by atoms with E-state index >= 15 is 0 Å². The first kappa shape index (κ1) is 13.0. The molecule has 0 aliphatic rings. The van der Waals surface area contributed by atoms with E-state index in [4.69, 9.17) is 0 Å². The molecule has 0 aliphatic heterocycles. The van der Waals surface area contributed by atoms with Crippen molar-refractivity contribution in [2.24, 2.45) is 5.10 Å². The molecule has 0 atom stereocenters. The Morgan fingerprint density at radius 3 is 2.95 bits per heavy atom. The molecule has 2 aromatic rings. The maximum atomic E-state index is 10.5. The number of aromatic nitrogens is 1. The quantitative estimate of drug-likeness (QED) is 0.508. The van der Waals surface area contributed by atoms with Crippen molar-refractivity contribution in [3.63, 3.8) is 0 Å². The van der Waals surface area contributed by atoms with Crippen LogP contribution < -0.4 is 5.43 Å². The Bertz CT molecular complexity index is 639. The first-order valence-electron chi connectivity index (χ1n) is 5.25. The normalized spacial score (nSPS) is 10.8. The van der Waals surface area contributed by atoms with Gasteiger partial charge >= 0.3 is 0 Å². The van der Waals surface area contributed by atoms with Crippen molar-refractivity contribution < 1.29 is 10.0 Å². The number of thiazole rings is 1. The van der Waals surface area contributed by atoms with E-state index in [1.807, 2.05) is 12.3 Å². The van der Waals surface area contributed by atoms with Gasteiger partial charge in [0.15, 0.2) is 0 Å². The van der Waals surface area contributed by atoms with E-state index in [1.165, 1.54) is 29.7 Å². The summed E-state index contributed by atoms with van der Waals surface area (Å²) >= 11 is 1.41. The number of nitrogens with one attached hydrogen (secondary N) is 1. The number of nitrogens with zero attached hydrogens (tertiary/aromatic N) is 3. The first-order chi connectivity index (χ1) is 9.06. The Labute approximate surface area is 112 Å². The molecule has 0 spiro atoms. The third-order valence-corrected chi connectivity index (χ3v) is 3.07. The number of hydrazone groups is 1. The minimum absolute atomic E-state index is 0.168. The standard InChI is InChI=1S/C11H10N4O3S/c1-7-6-19-11(13-7)14-12-5-8-2-3-9(15(17)18)4-10(8)16/h2-6,16H,1H3,(H,13,14)/b12-5+. The summed E-state index contributed by atoms with van der Waals surface area (Å²) in [6, 6.07) is 3.80. The minimum Gasteiger partial charge on any atom is -0.507 e. The number of phenols is 1. The molecule has 0 amide bonds. The number of hydrogen-bond donors (Lipinski definition) is 2. The Kier molecular flexibility index (Phi) is 3.71. The number of non-ortho nitro benzene ring substituents is 1. The molecule has 19 heavy (non-hydrogen) atoms. The molecule has 1 heterocycles. The Morgan fingerprint density at radius 1 is 1.58 bits per heavy atom. The topological polar surface area (TPSA) is 101 Å². The van der Waals surface area contributed by atoms with Crippen LogP contribution in [0, 0.1) is 17.0 Å². The number of rotatable bonds is 4. The lowest BCUT2D eigenvalue weighted by molar-refractivity contribution is -0.384. The molecular weight excluding hydrogens is 268 g/mol. The van der Waals surface area contributed by atoms with Crippen LogP contribution in [0.1, 0.15) is 11.3 Å². The zero-order valence-electron chi connectivity index (χ0n) is 9.90. The fourth-order valence-electron chi connectivity index (χ4n) is 1.32. The number of anilines is 1. The van der Waals surface area contributed by atoms with Crippen LogP contribution in [0.3, 0.4) is 0 Å². The van der Waals surface area contributed by atoms with Crippen molar-refractivity contribution in [3.8, 4) is 5.75 Å². The van der Waals surface area contributed by atoms with E-state index in [0.29, 0.717) is 10.7 Å². The van der Waals surface area contributed by atoms with Crippen LogP contribution in [0.4, 0.5) is 10.8 Å². The lowest BCUT2D eigenvalue weighted by atomic mass is 10.2. The Hall–Kier alpha value is -2.48. The van der Waals surface area contributed by atoms with Gasteiger partial charge in [-0.1, -0.05) is 0 Å². The van der Waals surface area contributed by atoms with Crippen LogP contribution >= 0.6 is 11.3 Å². The summed E-state index contributed by atoms with van der Waals surface area (Å²) in [7, 11) is 0. The molecule has 1 aromatic carbocycles. The van der Waals surface area contributed by atoms with Gasteiger partial charge in [0, 0.05) is 17.0 Å². The van der Waals surface area contributed by atoms with Gasteiger partial charge in [-0.25, -0.2) is 4.98 Å². The number of aromatic hydroxyl groups is 1. The minimum atomic E-state index is -0.572. The Balaban J connectivity index is 2.08. The SMILES string of the molecule is Cc1csc(N/N=C/c2ccc([N+](=O)[O-])cc2O)n1. The predicted molar refractivity (Wildman–Crippen MR) is 72.8 cm³/mol. The van der Waals surface area contributed by atoms with Crippen LogP contribution in [-0.2, 0) is 0 Å². The highest BCUT2D eigenvalue weighted by Crippen LogP contribution is 2.22. The molecule has 0 aliphatic carbocycles. The maximum Gasteiger partial charge on any atom is 0.273 e. The zero-order chi connectivity index (χ0) is 13.8. The van der Waals surface area contributed by atoms with E-state index in [2.05, 4.69) is 15.5 Å². The molecule has 8 heteroatoms. The third kappa shape index (κ3) is 3.26. The van der Waals surface area contributed by atoms with E-state index in [9.17, 15) is 15.2 Å². The lowest BCUT2D eigenvalue weighted by Gasteiger charge is -1.98. The van der Waals surface area contributed by atoms with Crippen molar-refractivity contribution in [1.82, 2.24) is 4.98 Å². The maximum absolute atomic E-state index is 10.5. The van der Waals surface area contributed by atoms with Crippen LogP contribution in [0.15, 0.2) is 28.7 Å². The van der Waals surface area contributed by atoms with Gasteiger partial charge in [0.2, 0.25) is 5.13 Å². The molecule has 0 saturated carbocycles. The number of hydrogen-bond acceptors (Lipinski definition) is 7. The summed E-state index contributed by atoms with van der Waals surface area (Å²) in [5.41, 5.74) is 3.81. The average molecular weight is 278 g/mol. The Morgan fingerprint density at radius 2 is 2.37 bits per heavy atom. The molecule has 0 bridgehead atoms. The molecule has 98 valence electrons. The second-order valence-corrected chi connectivity index (χ2v) is 4.52. The molecule has 2 rings (SSSR count). The van der Waals surface area contributed by atoms with E-state index in [0.717, 1.165) is 11.8 Å². The van der Waals surface area contributed by atoms with Crippen molar-refractivity contribution in [1.29, 1.82) is 0 Å². The highest BCUT2D eigenvalue weighted by Gasteiger charge is 2.08. The van der Waals surface area contributed by atoms with Crippen molar-refractivity contribution in [2.45, 2.75) is 6.92 Å². The van der Waals surface area contributed by atoms with Crippen LogP contribution in [-0.4, -0.2) is 21.2 Å². The van der Waals surface area contributed by atoms with Gasteiger partial charge in [-0.2, -0.15) is 5.10 Å². The van der Waals surface area contributed by atoms with Gasteiger partial charge in [0.25, 0.3) is 5.69 Å². The number of benzene rings is 1. The summed E-state index contributed by atoms with van der Waals surface area (Å²) in [5.74, 6) is -0.199. The smallest absolute Gasteiger partial charge is 0.273 e. The van der Waals surface area contributed by atoms with E-state index in [-0.39, 0.29) is 11.4 Å². The highest BCUT2D eigenvalue weighted by atomic mass is 32.1. The second kappa shape index (κ2) is 5.44. The number of aryl methyl sites for hydroxylation is 1. The number of nitro benzene ring substituents is 1. The second-order valence-electron chi connectivity index (χ2n) is 3.66. The molecule has 0 fully saturated rings. The predicted octanol–water partition coefficient (Wildman–Crippen LogP) is 2.51. The van der Waals surface area contributed by atoms with Crippen LogP contribution in [0.25, 0.3) is 0 Å². The van der Waals surface area contributed by atoms with Gasteiger partial charge in [-0.15, -0.1) is 11.3 Å². The molecule has 1 aromatic heterocycles. The summed E-state index contributed by atoms with van der Waals surface area (Å²) in [5, 5.41) is 26.5. The number of nitro groups is 1. The average Bonchev–Trinajstić information content (AvgIpc) is 2.77. The number of phenolic OH excluding ortho intramolecular Hbond substituents is 1. The monoisotopic (exact) mass is 278 g/mol. The largest absolute Gasteiger partial charge is 0.507 e. The van der Waals surface area contributed by atoms with E-state index < -0.39 is 4.92 Å². The molecule has 2 N–H and O–H groups in total. The summed E-state index contributed by atoms with van der Waals surface area (Å²) in [6.07, 6.45) is 1.37. The van der Waals surface area contributed by atoms with Crippen molar-refractivity contribution in [3.05, 3.63) is 45.0 Å². The fraction of sp³-hybridized carbons (Fsp3) is 0.0909. The molecular formula is C11H10N4O3S. The molecule has 0 saturated heterocycles. The summed E-state index contributed by atoms with van der Waals surface area (Å²) in [6.45, 7) is 1.87. The van der Waals surface area contributed by atoms with Gasteiger partial charge in [-0.05, 0) is 13.0 Å². The van der Waals surface area contributed by atoms with Gasteiger partial charge in [0.05, 0.1) is 22.9 Å². The van der Waals surface area contributed by atoms with Crippen molar-refractivity contribution >= 4 is 28.4 Å². The van der Waals surface area contributed by atoms with Gasteiger partial charge in [0.1, 0.15) is 5.75 Å². The van der Waals surface area contributed by atoms with Crippen LogP contribution in [0.5, 0.6) is 5.75 Å². The fourth-order valence-corrected chi connectivity index (χ4v) is 1.95. The summed E-state index contributed by atoms with van der Waals surface area (Å²) in [4.78, 5) is 14.1. The summed E-state index contributed by atoms with van der Waals surface area (Å²) < 4.78 is 0. The highest BCUT2D eigenvalue weighted by molar-refractivity contribution is 7.13. The third-order valence-electron chi connectivity index (χ3n) is 2.21. The van der Waals surface area contributed by atoms with Crippen LogP contribution in [0.2, 0.25) is 0 Å². The van der Waals surface area contributed by atoms with Crippen molar-refractivity contribution in [2.75, 3.05) is 5.43 Å². The zero-order valence-corrected chi connectivity index (χ0v) is 10.7. The molecule has 7 nitrogen and oxygen atoms in total. The first-order valence-corrected chi connectivity index (χ1v) is 6.13. The molecule has 0 radical (unpaired) electrons.